The van der Waals surface area contributed by atoms with Crippen molar-refractivity contribution in [1.82, 2.24) is 9.97 Å². The van der Waals surface area contributed by atoms with Gasteiger partial charge < -0.3 is 10.6 Å². The normalized spacial score (nSPS) is 9.89. The van der Waals surface area contributed by atoms with E-state index in [4.69, 9.17) is 35.4 Å². The molecule has 0 saturated carbocycles. The van der Waals surface area contributed by atoms with Crippen LogP contribution in [-0.4, -0.2) is 15.1 Å². The summed E-state index contributed by atoms with van der Waals surface area (Å²) in [5, 5.41) is 7.22. The van der Waals surface area contributed by atoms with Crippen LogP contribution in [0.2, 0.25) is 10.0 Å². The molecule has 2 rings (SSSR count). The van der Waals surface area contributed by atoms with Crippen LogP contribution in [0.5, 0.6) is 0 Å². The molecule has 92 valence electrons. The molecule has 0 atom stereocenters. The molecule has 2 aromatic rings. The second-order valence-electron chi connectivity index (χ2n) is 3.30. The number of anilines is 2. The summed E-state index contributed by atoms with van der Waals surface area (Å²) in [7, 11) is 0. The van der Waals surface area contributed by atoms with E-state index in [-0.39, 0.29) is 0 Å². The lowest BCUT2D eigenvalue weighted by Crippen LogP contribution is -2.19. The summed E-state index contributed by atoms with van der Waals surface area (Å²) in [5.74, 6) is 0.565. The van der Waals surface area contributed by atoms with E-state index in [9.17, 15) is 0 Å². The molecule has 0 amide bonds. The Balaban J connectivity index is 2.01. The van der Waals surface area contributed by atoms with Crippen LogP contribution in [0.3, 0.4) is 0 Å². The smallest absolute Gasteiger partial charge is 0.176 e. The third-order valence-electron chi connectivity index (χ3n) is 1.98. The molecule has 0 aliphatic rings. The van der Waals surface area contributed by atoms with E-state index < -0.39 is 0 Å². The zero-order valence-electron chi connectivity index (χ0n) is 9.02. The second-order valence-corrected chi connectivity index (χ2v) is 4.52. The zero-order valence-corrected chi connectivity index (χ0v) is 11.4. The molecule has 0 aliphatic heterocycles. The molecule has 0 spiro atoms. The first-order valence-electron chi connectivity index (χ1n) is 4.94. The predicted octanol–water partition coefficient (Wildman–Crippen LogP) is 3.59. The fraction of sp³-hybridized carbons (Fsp3) is 0. The van der Waals surface area contributed by atoms with Crippen molar-refractivity contribution in [2.24, 2.45) is 0 Å². The number of nitrogens with zero attached hydrogens (tertiary/aromatic N) is 2. The van der Waals surface area contributed by atoms with E-state index >= 15 is 0 Å². The van der Waals surface area contributed by atoms with Gasteiger partial charge in [0.2, 0.25) is 0 Å². The van der Waals surface area contributed by atoms with Crippen LogP contribution >= 0.6 is 35.4 Å². The Morgan fingerprint density at radius 1 is 1.11 bits per heavy atom. The van der Waals surface area contributed by atoms with Crippen LogP contribution in [0.15, 0.2) is 36.8 Å². The first-order valence-corrected chi connectivity index (χ1v) is 6.10. The van der Waals surface area contributed by atoms with Crippen molar-refractivity contribution in [3.05, 3.63) is 46.8 Å². The summed E-state index contributed by atoms with van der Waals surface area (Å²) < 4.78 is 0. The Morgan fingerprint density at radius 3 is 2.61 bits per heavy atom. The Hall–Kier alpha value is -1.43. The number of benzene rings is 1. The van der Waals surface area contributed by atoms with Crippen molar-refractivity contribution in [2.75, 3.05) is 10.6 Å². The number of thiocarbonyl (C=S) groups is 1. The Bertz CT molecular complexity index is 562. The monoisotopic (exact) mass is 298 g/mol. The average molecular weight is 299 g/mol. The molecule has 18 heavy (non-hydrogen) atoms. The maximum atomic E-state index is 5.90. The minimum atomic E-state index is 0.397. The number of aromatic nitrogens is 2. The van der Waals surface area contributed by atoms with Gasteiger partial charge in [0.25, 0.3) is 0 Å². The number of hydrogen-bond acceptors (Lipinski definition) is 3. The quantitative estimate of drug-likeness (QED) is 0.830. The van der Waals surface area contributed by atoms with Gasteiger partial charge in [0.05, 0.1) is 16.2 Å². The van der Waals surface area contributed by atoms with Gasteiger partial charge in [-0.2, -0.15) is 0 Å². The summed E-state index contributed by atoms with van der Waals surface area (Å²) in [5.41, 5.74) is 0.741. The average Bonchev–Trinajstić information content (AvgIpc) is 2.35. The summed E-state index contributed by atoms with van der Waals surface area (Å²) in [6, 6.07) is 5.16. The van der Waals surface area contributed by atoms with Crippen molar-refractivity contribution in [2.45, 2.75) is 0 Å². The van der Waals surface area contributed by atoms with Crippen molar-refractivity contribution < 1.29 is 0 Å². The second kappa shape index (κ2) is 5.95. The molecule has 1 aromatic heterocycles. The van der Waals surface area contributed by atoms with E-state index in [2.05, 4.69) is 20.6 Å². The van der Waals surface area contributed by atoms with Gasteiger partial charge in [-0.3, -0.25) is 4.98 Å². The number of halogens is 2. The van der Waals surface area contributed by atoms with Gasteiger partial charge in [0.1, 0.15) is 0 Å². The molecule has 0 unspecified atom stereocenters. The maximum absolute atomic E-state index is 5.90. The number of nitrogens with one attached hydrogen (secondary N) is 2. The Labute approximate surface area is 119 Å². The molecule has 4 nitrogen and oxygen atoms in total. The highest BCUT2D eigenvalue weighted by Crippen LogP contribution is 2.25. The van der Waals surface area contributed by atoms with Gasteiger partial charge in [0.15, 0.2) is 10.9 Å². The van der Waals surface area contributed by atoms with Crippen molar-refractivity contribution >= 4 is 52.0 Å². The lowest BCUT2D eigenvalue weighted by molar-refractivity contribution is 1.21. The highest BCUT2D eigenvalue weighted by molar-refractivity contribution is 7.80. The van der Waals surface area contributed by atoms with Crippen molar-refractivity contribution in [3.8, 4) is 0 Å². The van der Waals surface area contributed by atoms with Crippen molar-refractivity contribution in [3.63, 3.8) is 0 Å². The van der Waals surface area contributed by atoms with Crippen molar-refractivity contribution in [1.29, 1.82) is 0 Å². The van der Waals surface area contributed by atoms with Gasteiger partial charge in [-0.25, -0.2) is 4.98 Å². The van der Waals surface area contributed by atoms with E-state index in [0.29, 0.717) is 21.0 Å². The molecule has 0 saturated heterocycles. The SMILES string of the molecule is S=C(Nc1ccc(Cl)c(Cl)c1)Nc1cnccn1. The molecule has 0 bridgehead atoms. The summed E-state index contributed by atoms with van der Waals surface area (Å²) in [6.07, 6.45) is 4.73. The van der Waals surface area contributed by atoms with Crippen LogP contribution in [-0.2, 0) is 0 Å². The van der Waals surface area contributed by atoms with Crippen LogP contribution < -0.4 is 10.6 Å². The van der Waals surface area contributed by atoms with Gasteiger partial charge in [-0.05, 0) is 30.4 Å². The molecule has 2 N–H and O–H groups in total. The van der Waals surface area contributed by atoms with Crippen LogP contribution in [0.1, 0.15) is 0 Å². The largest absolute Gasteiger partial charge is 0.332 e. The first kappa shape index (κ1) is 13.0. The maximum Gasteiger partial charge on any atom is 0.176 e. The third kappa shape index (κ3) is 3.53. The standard InChI is InChI=1S/C11H8Cl2N4S/c12-8-2-1-7(5-9(8)13)16-11(18)17-10-6-14-3-4-15-10/h1-6H,(H2,15,16,17,18). The first-order chi connectivity index (χ1) is 8.65. The van der Waals surface area contributed by atoms with Crippen LogP contribution in [0, 0.1) is 0 Å². The molecule has 1 aromatic carbocycles. The summed E-state index contributed by atoms with van der Waals surface area (Å²) >= 11 is 16.8. The van der Waals surface area contributed by atoms with E-state index in [0.717, 1.165) is 5.69 Å². The van der Waals surface area contributed by atoms with Gasteiger partial charge >= 0.3 is 0 Å². The fourth-order valence-corrected chi connectivity index (χ4v) is 1.74. The molecule has 0 fully saturated rings. The van der Waals surface area contributed by atoms with E-state index in [1.54, 1.807) is 36.8 Å². The third-order valence-corrected chi connectivity index (χ3v) is 2.93. The summed E-state index contributed by atoms with van der Waals surface area (Å²) in [4.78, 5) is 7.96. The molecular formula is C11H8Cl2N4S. The molecule has 1 heterocycles. The van der Waals surface area contributed by atoms with Gasteiger partial charge in [-0.15, -0.1) is 0 Å². The lowest BCUT2D eigenvalue weighted by atomic mass is 10.3. The van der Waals surface area contributed by atoms with E-state index in [1.807, 2.05) is 0 Å². The highest BCUT2D eigenvalue weighted by atomic mass is 35.5. The zero-order chi connectivity index (χ0) is 13.0. The topological polar surface area (TPSA) is 49.8 Å². The lowest BCUT2D eigenvalue weighted by Gasteiger charge is -2.09. The molecular weight excluding hydrogens is 291 g/mol. The van der Waals surface area contributed by atoms with Crippen LogP contribution in [0.25, 0.3) is 0 Å². The van der Waals surface area contributed by atoms with Gasteiger partial charge in [0, 0.05) is 18.1 Å². The van der Waals surface area contributed by atoms with Gasteiger partial charge in [-0.1, -0.05) is 23.2 Å². The number of rotatable bonds is 2. The predicted molar refractivity (Wildman–Crippen MR) is 78.3 cm³/mol. The fourth-order valence-electron chi connectivity index (χ4n) is 1.22. The molecule has 0 aliphatic carbocycles. The summed E-state index contributed by atoms with van der Waals surface area (Å²) in [6.45, 7) is 0. The van der Waals surface area contributed by atoms with Crippen LogP contribution in [0.4, 0.5) is 11.5 Å². The highest BCUT2D eigenvalue weighted by Gasteiger charge is 2.02. The molecule has 7 heteroatoms. The van der Waals surface area contributed by atoms with E-state index in [1.165, 1.54) is 0 Å². The molecule has 0 radical (unpaired) electrons. The Kier molecular flexibility index (Phi) is 4.30. The minimum absolute atomic E-state index is 0.397. The minimum Gasteiger partial charge on any atom is -0.332 e. The number of hydrogen-bond donors (Lipinski definition) is 2. The Morgan fingerprint density at radius 2 is 1.94 bits per heavy atom.